The van der Waals surface area contributed by atoms with Crippen LogP contribution in [0.1, 0.15) is 30.9 Å². The van der Waals surface area contributed by atoms with E-state index in [1.54, 1.807) is 11.6 Å². The number of hydrogen-bond acceptors (Lipinski definition) is 6. The molecular weight excluding hydrogens is 292 g/mol. The zero-order valence-corrected chi connectivity index (χ0v) is 13.4. The molecule has 120 valence electrons. The summed E-state index contributed by atoms with van der Waals surface area (Å²) in [6, 6.07) is 8.02. The number of nitrogens with two attached hydrogens (primary N) is 1. The molecule has 0 saturated heterocycles. The first-order valence-electron chi connectivity index (χ1n) is 7.46. The summed E-state index contributed by atoms with van der Waals surface area (Å²) in [5.41, 5.74) is 9.41. The molecule has 0 aliphatic rings. The summed E-state index contributed by atoms with van der Waals surface area (Å²) in [6.45, 7) is 4.79. The summed E-state index contributed by atoms with van der Waals surface area (Å²) in [5.74, 6) is 0.898. The highest BCUT2D eigenvalue weighted by Gasteiger charge is 2.15. The lowest BCUT2D eigenvalue weighted by Crippen LogP contribution is -2.10. The van der Waals surface area contributed by atoms with E-state index in [2.05, 4.69) is 34.2 Å². The molecule has 0 fully saturated rings. The average molecular weight is 312 g/mol. The number of hydrogen-bond donors (Lipinski definition) is 2. The SMILES string of the molecule is COc1nc(NCc2cccc(N)c2)n2ncc(C(C)C)c2n1. The Labute approximate surface area is 134 Å². The van der Waals surface area contributed by atoms with Crippen molar-refractivity contribution in [3.63, 3.8) is 0 Å². The van der Waals surface area contributed by atoms with Crippen LogP contribution in [0.2, 0.25) is 0 Å². The van der Waals surface area contributed by atoms with Crippen LogP contribution in [-0.4, -0.2) is 26.7 Å². The van der Waals surface area contributed by atoms with Crippen LogP contribution in [0.3, 0.4) is 0 Å². The molecular formula is C16H20N6O. The lowest BCUT2D eigenvalue weighted by Gasteiger charge is -2.10. The second-order valence-corrected chi connectivity index (χ2v) is 5.62. The van der Waals surface area contributed by atoms with Crippen LogP contribution in [0.5, 0.6) is 6.01 Å². The van der Waals surface area contributed by atoms with E-state index in [0.29, 0.717) is 24.4 Å². The Morgan fingerprint density at radius 2 is 2.13 bits per heavy atom. The van der Waals surface area contributed by atoms with Gasteiger partial charge < -0.3 is 15.8 Å². The Kier molecular flexibility index (Phi) is 4.01. The van der Waals surface area contributed by atoms with Crippen molar-refractivity contribution in [1.29, 1.82) is 0 Å². The van der Waals surface area contributed by atoms with Gasteiger partial charge in [-0.1, -0.05) is 26.0 Å². The van der Waals surface area contributed by atoms with Gasteiger partial charge in [-0.05, 0) is 23.6 Å². The first-order chi connectivity index (χ1) is 11.1. The van der Waals surface area contributed by atoms with E-state index in [-0.39, 0.29) is 0 Å². The minimum atomic E-state index is 0.314. The molecule has 2 heterocycles. The van der Waals surface area contributed by atoms with Crippen molar-refractivity contribution in [1.82, 2.24) is 19.6 Å². The number of benzene rings is 1. The van der Waals surface area contributed by atoms with Crippen LogP contribution in [-0.2, 0) is 6.54 Å². The molecule has 3 aromatic rings. The number of rotatable bonds is 5. The maximum atomic E-state index is 5.81. The topological polar surface area (TPSA) is 90.4 Å². The molecule has 7 heteroatoms. The summed E-state index contributed by atoms with van der Waals surface area (Å²) in [4.78, 5) is 8.77. The molecule has 23 heavy (non-hydrogen) atoms. The van der Waals surface area contributed by atoms with E-state index in [1.165, 1.54) is 0 Å². The van der Waals surface area contributed by atoms with Crippen LogP contribution < -0.4 is 15.8 Å². The van der Waals surface area contributed by atoms with Gasteiger partial charge in [0.25, 0.3) is 0 Å². The monoisotopic (exact) mass is 312 g/mol. The molecule has 7 nitrogen and oxygen atoms in total. The van der Waals surface area contributed by atoms with E-state index in [1.807, 2.05) is 30.5 Å². The van der Waals surface area contributed by atoms with Crippen molar-refractivity contribution in [2.45, 2.75) is 26.3 Å². The van der Waals surface area contributed by atoms with Crippen molar-refractivity contribution in [3.05, 3.63) is 41.6 Å². The second-order valence-electron chi connectivity index (χ2n) is 5.62. The Morgan fingerprint density at radius 3 is 2.83 bits per heavy atom. The van der Waals surface area contributed by atoms with Crippen molar-refractivity contribution in [3.8, 4) is 6.01 Å². The van der Waals surface area contributed by atoms with Gasteiger partial charge in [0, 0.05) is 17.8 Å². The highest BCUT2D eigenvalue weighted by molar-refractivity contribution is 5.53. The van der Waals surface area contributed by atoms with Gasteiger partial charge in [-0.25, -0.2) is 0 Å². The maximum absolute atomic E-state index is 5.81. The third-order valence-corrected chi connectivity index (χ3v) is 3.58. The van der Waals surface area contributed by atoms with Crippen molar-refractivity contribution in [2.24, 2.45) is 0 Å². The number of anilines is 2. The number of nitrogen functional groups attached to an aromatic ring is 1. The van der Waals surface area contributed by atoms with Gasteiger partial charge in [-0.15, -0.1) is 0 Å². The van der Waals surface area contributed by atoms with E-state index in [9.17, 15) is 0 Å². The molecule has 0 spiro atoms. The Balaban J connectivity index is 1.96. The number of aromatic nitrogens is 4. The van der Waals surface area contributed by atoms with E-state index in [4.69, 9.17) is 10.5 Å². The van der Waals surface area contributed by atoms with Crippen molar-refractivity contribution in [2.75, 3.05) is 18.2 Å². The molecule has 0 amide bonds. The van der Waals surface area contributed by atoms with Crippen molar-refractivity contribution < 1.29 is 4.74 Å². The summed E-state index contributed by atoms with van der Waals surface area (Å²) in [7, 11) is 1.55. The van der Waals surface area contributed by atoms with E-state index < -0.39 is 0 Å². The number of ether oxygens (including phenoxy) is 1. The molecule has 0 bridgehead atoms. The smallest absolute Gasteiger partial charge is 0.321 e. The molecule has 0 aliphatic carbocycles. The van der Waals surface area contributed by atoms with Gasteiger partial charge in [0.05, 0.1) is 13.3 Å². The second kappa shape index (κ2) is 6.12. The van der Waals surface area contributed by atoms with Crippen LogP contribution >= 0.6 is 0 Å². The standard InChI is InChI=1S/C16H20N6O/c1-10(2)13-9-19-22-14(13)20-16(23-3)21-15(22)18-8-11-5-4-6-12(17)7-11/h4-7,9-10H,8,17H2,1-3H3,(H,18,20,21). The molecule has 0 atom stereocenters. The normalized spacial score (nSPS) is 11.1. The van der Waals surface area contributed by atoms with Crippen LogP contribution in [0, 0.1) is 0 Å². The van der Waals surface area contributed by atoms with Gasteiger partial charge >= 0.3 is 6.01 Å². The fourth-order valence-corrected chi connectivity index (χ4v) is 2.37. The third-order valence-electron chi connectivity index (χ3n) is 3.58. The van der Waals surface area contributed by atoms with E-state index in [0.717, 1.165) is 22.5 Å². The first kappa shape index (κ1) is 15.1. The van der Waals surface area contributed by atoms with Gasteiger partial charge in [0.1, 0.15) is 0 Å². The lowest BCUT2D eigenvalue weighted by atomic mass is 10.1. The molecule has 3 N–H and O–H groups in total. The van der Waals surface area contributed by atoms with E-state index >= 15 is 0 Å². The fraction of sp³-hybridized carbons (Fsp3) is 0.312. The predicted octanol–water partition coefficient (Wildman–Crippen LogP) is 2.45. The van der Waals surface area contributed by atoms with Gasteiger partial charge in [0.15, 0.2) is 5.65 Å². The van der Waals surface area contributed by atoms with Crippen LogP contribution in [0.25, 0.3) is 5.65 Å². The Hall–Kier alpha value is -2.83. The molecule has 1 aromatic carbocycles. The van der Waals surface area contributed by atoms with Crippen molar-refractivity contribution >= 4 is 17.3 Å². The minimum Gasteiger partial charge on any atom is -0.467 e. The predicted molar refractivity (Wildman–Crippen MR) is 89.6 cm³/mol. The number of nitrogens with zero attached hydrogens (tertiary/aromatic N) is 4. The number of methoxy groups -OCH3 is 1. The van der Waals surface area contributed by atoms with Gasteiger partial charge in [-0.2, -0.15) is 19.6 Å². The van der Waals surface area contributed by atoms with Gasteiger partial charge in [-0.3, -0.25) is 0 Å². The zero-order chi connectivity index (χ0) is 16.4. The summed E-state index contributed by atoms with van der Waals surface area (Å²) in [5, 5.41) is 7.67. The molecule has 2 aromatic heterocycles. The fourth-order valence-electron chi connectivity index (χ4n) is 2.37. The highest BCUT2D eigenvalue weighted by atomic mass is 16.5. The summed E-state index contributed by atoms with van der Waals surface area (Å²) >= 11 is 0. The lowest BCUT2D eigenvalue weighted by molar-refractivity contribution is 0.379. The van der Waals surface area contributed by atoms with Gasteiger partial charge in [0.2, 0.25) is 5.95 Å². The molecule has 0 radical (unpaired) electrons. The Morgan fingerprint density at radius 1 is 1.30 bits per heavy atom. The van der Waals surface area contributed by atoms with Crippen LogP contribution in [0.4, 0.5) is 11.6 Å². The molecule has 0 aliphatic heterocycles. The Bertz CT molecular complexity index is 827. The number of nitrogens with one attached hydrogen (secondary N) is 1. The number of fused-ring (bicyclic) bond motifs is 1. The minimum absolute atomic E-state index is 0.314. The third kappa shape index (κ3) is 3.03. The quantitative estimate of drug-likeness (QED) is 0.703. The summed E-state index contributed by atoms with van der Waals surface area (Å²) in [6.07, 6.45) is 1.82. The maximum Gasteiger partial charge on any atom is 0.321 e. The zero-order valence-electron chi connectivity index (χ0n) is 13.4. The molecule has 3 rings (SSSR count). The summed E-state index contributed by atoms with van der Waals surface area (Å²) < 4.78 is 6.91. The largest absolute Gasteiger partial charge is 0.467 e. The first-order valence-corrected chi connectivity index (χ1v) is 7.46. The molecule has 0 unspecified atom stereocenters. The molecule has 0 saturated carbocycles. The highest BCUT2D eigenvalue weighted by Crippen LogP contribution is 2.22. The van der Waals surface area contributed by atoms with Crippen LogP contribution in [0.15, 0.2) is 30.5 Å². The average Bonchev–Trinajstić information content (AvgIpc) is 2.96.